The van der Waals surface area contributed by atoms with E-state index in [0.717, 1.165) is 51.3 Å². The summed E-state index contributed by atoms with van der Waals surface area (Å²) in [7, 11) is 0. The number of aromatic nitrogens is 1. The molecular weight excluding hydrogens is 474 g/mol. The summed E-state index contributed by atoms with van der Waals surface area (Å²) in [6.07, 6.45) is 2.04. The van der Waals surface area contributed by atoms with Crippen LogP contribution in [-0.4, -0.2) is 41.6 Å². The Morgan fingerprint density at radius 1 is 0.895 bits per heavy atom. The summed E-state index contributed by atoms with van der Waals surface area (Å²) in [4.78, 5) is 30.5. The molecule has 0 unspecified atom stereocenters. The Morgan fingerprint density at radius 2 is 1.61 bits per heavy atom. The summed E-state index contributed by atoms with van der Waals surface area (Å²) in [6.45, 7) is 10.8. The molecule has 0 saturated carbocycles. The molecule has 1 saturated heterocycles. The van der Waals surface area contributed by atoms with Crippen molar-refractivity contribution in [3.05, 3.63) is 88.9 Å². The Balaban J connectivity index is 1.27. The van der Waals surface area contributed by atoms with Crippen molar-refractivity contribution in [1.82, 2.24) is 9.47 Å². The van der Waals surface area contributed by atoms with Gasteiger partial charge in [0.2, 0.25) is 5.91 Å². The molecule has 0 bridgehead atoms. The SMILES string of the molecule is CCC(C)(C)CCC(=O)n1c(=O)oc2c(N3CCN(Cc4cccc(-c5ccccc5)c4)CC3)cccc21. The highest BCUT2D eigenvalue weighted by atomic mass is 16.4. The third kappa shape index (κ3) is 5.60. The fraction of sp³-hybridized carbons (Fsp3) is 0.375. The van der Waals surface area contributed by atoms with Crippen LogP contribution in [0.15, 0.2) is 82.0 Å². The molecule has 6 nitrogen and oxygen atoms in total. The first kappa shape index (κ1) is 26.0. The van der Waals surface area contributed by atoms with Crippen molar-refractivity contribution in [3.63, 3.8) is 0 Å². The van der Waals surface area contributed by atoms with Gasteiger partial charge in [0, 0.05) is 39.1 Å². The molecule has 0 amide bonds. The van der Waals surface area contributed by atoms with Crippen molar-refractivity contribution in [3.8, 4) is 11.1 Å². The summed E-state index contributed by atoms with van der Waals surface area (Å²) in [6, 6.07) is 24.9. The lowest BCUT2D eigenvalue weighted by atomic mass is 9.85. The molecule has 0 radical (unpaired) electrons. The predicted octanol–water partition coefficient (Wildman–Crippen LogP) is 6.44. The molecule has 198 valence electrons. The number of hydrogen-bond donors (Lipinski definition) is 0. The van der Waals surface area contributed by atoms with Gasteiger partial charge in [-0.05, 0) is 46.7 Å². The Kier molecular flexibility index (Phi) is 7.52. The smallest absolute Gasteiger partial charge is 0.405 e. The van der Waals surface area contributed by atoms with E-state index in [9.17, 15) is 9.59 Å². The zero-order chi connectivity index (χ0) is 26.7. The minimum atomic E-state index is -0.594. The topological polar surface area (TPSA) is 58.7 Å². The van der Waals surface area contributed by atoms with Gasteiger partial charge in [-0.1, -0.05) is 81.8 Å². The van der Waals surface area contributed by atoms with Crippen molar-refractivity contribution in [2.45, 2.75) is 46.6 Å². The second-order valence-corrected chi connectivity index (χ2v) is 11.1. The Bertz CT molecular complexity index is 1460. The van der Waals surface area contributed by atoms with Gasteiger partial charge in [0.1, 0.15) is 5.52 Å². The third-order valence-electron chi connectivity index (χ3n) is 7.96. The molecule has 1 fully saturated rings. The number of rotatable bonds is 8. The first-order valence-electron chi connectivity index (χ1n) is 13.6. The lowest BCUT2D eigenvalue weighted by Crippen LogP contribution is -2.46. The van der Waals surface area contributed by atoms with Crippen molar-refractivity contribution < 1.29 is 9.21 Å². The summed E-state index contributed by atoms with van der Waals surface area (Å²) in [5.41, 5.74) is 5.78. The standard InChI is InChI=1S/C32H37N3O3/c1-4-32(2,3)17-16-29(36)35-28-15-9-14-27(30(28)38-31(35)37)34-20-18-33(19-21-34)23-24-10-8-13-26(22-24)25-11-6-5-7-12-25/h5-15,22H,4,16-21,23H2,1-3H3. The van der Waals surface area contributed by atoms with Gasteiger partial charge >= 0.3 is 5.76 Å². The summed E-state index contributed by atoms with van der Waals surface area (Å²) < 4.78 is 6.89. The zero-order valence-corrected chi connectivity index (χ0v) is 22.7. The van der Waals surface area contributed by atoms with Crippen LogP contribution in [0.3, 0.4) is 0 Å². The Labute approximate surface area is 224 Å². The number of nitrogens with zero attached hydrogens (tertiary/aromatic N) is 3. The Hall–Kier alpha value is -3.64. The molecule has 0 atom stereocenters. The van der Waals surface area contributed by atoms with Gasteiger partial charge in [-0.25, -0.2) is 9.36 Å². The first-order valence-corrected chi connectivity index (χ1v) is 13.6. The lowest BCUT2D eigenvalue weighted by molar-refractivity contribution is 0.0877. The van der Waals surface area contributed by atoms with Gasteiger partial charge in [-0.3, -0.25) is 9.69 Å². The van der Waals surface area contributed by atoms with E-state index in [0.29, 0.717) is 17.5 Å². The van der Waals surface area contributed by atoms with E-state index in [2.05, 4.69) is 79.1 Å². The van der Waals surface area contributed by atoms with Crippen molar-refractivity contribution in [1.29, 1.82) is 0 Å². The summed E-state index contributed by atoms with van der Waals surface area (Å²) >= 11 is 0. The maximum atomic E-state index is 13.0. The number of para-hydroxylation sites is 1. The van der Waals surface area contributed by atoms with E-state index in [4.69, 9.17) is 4.42 Å². The minimum absolute atomic E-state index is 0.0620. The van der Waals surface area contributed by atoms with Crippen LogP contribution in [0.1, 0.15) is 50.4 Å². The maximum Gasteiger partial charge on any atom is 0.426 e. The van der Waals surface area contributed by atoms with E-state index in [1.165, 1.54) is 21.3 Å². The molecule has 0 N–H and O–H groups in total. The van der Waals surface area contributed by atoms with Crippen LogP contribution in [0.4, 0.5) is 5.69 Å². The van der Waals surface area contributed by atoms with Crippen molar-refractivity contribution in [2.24, 2.45) is 5.41 Å². The van der Waals surface area contributed by atoms with Gasteiger partial charge in [0.05, 0.1) is 5.69 Å². The van der Waals surface area contributed by atoms with E-state index >= 15 is 0 Å². The molecule has 1 aliphatic heterocycles. The molecular formula is C32H37N3O3. The van der Waals surface area contributed by atoms with Crippen LogP contribution in [0.5, 0.6) is 0 Å². The molecule has 5 rings (SSSR count). The lowest BCUT2D eigenvalue weighted by Gasteiger charge is -2.36. The highest BCUT2D eigenvalue weighted by molar-refractivity contribution is 5.94. The van der Waals surface area contributed by atoms with Crippen molar-refractivity contribution >= 4 is 22.7 Å². The van der Waals surface area contributed by atoms with E-state index in [-0.39, 0.29) is 11.3 Å². The fourth-order valence-electron chi connectivity index (χ4n) is 5.13. The highest BCUT2D eigenvalue weighted by Gasteiger charge is 2.25. The molecule has 6 heteroatoms. The number of hydrogen-bond acceptors (Lipinski definition) is 5. The van der Waals surface area contributed by atoms with Crippen LogP contribution in [-0.2, 0) is 6.54 Å². The van der Waals surface area contributed by atoms with Gasteiger partial charge < -0.3 is 9.32 Å². The van der Waals surface area contributed by atoms with E-state index in [1.807, 2.05) is 24.3 Å². The van der Waals surface area contributed by atoms with Crippen LogP contribution in [0, 0.1) is 5.41 Å². The number of carbonyl (C=O) groups is 1. The van der Waals surface area contributed by atoms with Crippen molar-refractivity contribution in [2.75, 3.05) is 31.1 Å². The summed E-state index contributed by atoms with van der Waals surface area (Å²) in [5.74, 6) is -0.793. The van der Waals surface area contributed by atoms with E-state index < -0.39 is 5.76 Å². The molecule has 4 aromatic rings. The monoisotopic (exact) mass is 511 g/mol. The number of benzene rings is 3. The van der Waals surface area contributed by atoms with Crippen LogP contribution in [0.2, 0.25) is 0 Å². The molecule has 0 aliphatic carbocycles. The summed E-state index contributed by atoms with van der Waals surface area (Å²) in [5, 5.41) is 0. The third-order valence-corrected chi connectivity index (χ3v) is 7.96. The van der Waals surface area contributed by atoms with Crippen LogP contribution >= 0.6 is 0 Å². The number of anilines is 1. The second kappa shape index (κ2) is 11.0. The first-order chi connectivity index (χ1) is 18.3. The molecule has 2 heterocycles. The van der Waals surface area contributed by atoms with Gasteiger partial charge in [0.15, 0.2) is 5.58 Å². The molecule has 0 spiro atoms. The number of fused-ring (bicyclic) bond motifs is 1. The normalized spacial score (nSPS) is 14.8. The van der Waals surface area contributed by atoms with Gasteiger partial charge in [-0.15, -0.1) is 0 Å². The number of oxazole rings is 1. The van der Waals surface area contributed by atoms with Gasteiger partial charge in [-0.2, -0.15) is 0 Å². The Morgan fingerprint density at radius 3 is 2.34 bits per heavy atom. The highest BCUT2D eigenvalue weighted by Crippen LogP contribution is 2.30. The van der Waals surface area contributed by atoms with Gasteiger partial charge in [0.25, 0.3) is 0 Å². The fourth-order valence-corrected chi connectivity index (χ4v) is 5.13. The van der Waals surface area contributed by atoms with E-state index in [1.54, 1.807) is 0 Å². The average molecular weight is 512 g/mol. The van der Waals surface area contributed by atoms with Crippen LogP contribution in [0.25, 0.3) is 22.2 Å². The average Bonchev–Trinajstić information content (AvgIpc) is 3.29. The largest absolute Gasteiger partial charge is 0.426 e. The molecule has 1 aromatic heterocycles. The quantitative estimate of drug-likeness (QED) is 0.272. The minimum Gasteiger partial charge on any atom is -0.405 e. The number of carbonyl (C=O) groups excluding carboxylic acids is 1. The maximum absolute atomic E-state index is 13.0. The number of piperazine rings is 1. The molecule has 1 aliphatic rings. The molecule has 3 aromatic carbocycles. The zero-order valence-electron chi connectivity index (χ0n) is 22.7. The predicted molar refractivity (Wildman–Crippen MR) is 154 cm³/mol. The molecule has 38 heavy (non-hydrogen) atoms. The van der Waals surface area contributed by atoms with Crippen LogP contribution < -0.4 is 10.7 Å². The second-order valence-electron chi connectivity index (χ2n) is 11.1.